The van der Waals surface area contributed by atoms with Crippen molar-refractivity contribution in [2.75, 3.05) is 19.6 Å². The van der Waals surface area contributed by atoms with Crippen molar-refractivity contribution >= 4 is 47.4 Å². The van der Waals surface area contributed by atoms with Crippen LogP contribution >= 0.6 is 0 Å². The third kappa shape index (κ3) is 19.1. The lowest BCUT2D eigenvalue weighted by atomic mass is 10.00. The number of hydrogen-bond donors (Lipinski definition) is 11. The molecule has 5 atom stereocenters. The molecule has 0 saturated carbocycles. The standard InChI is InChI=1S/C44H60N10O9/c1-27(2)22-36(43(62)63)54-42(61)35(25-30-15-17-31(55)18-16-30)53-41(60)34(24-29-12-7-4-8-13-29)52-40(59)33(23-28-10-5-3-6-11-28)51-38(57)26-49-39(58)32(50-37(56)19-20-45)14-9-21-48-44(46)47/h3-8,10-13,15-18,27,32-36,55H,9,14,19-26,45H2,1-2H3,(H,49,58)(H,50,56)(H,51,57)(H,52,59)(H,53,60)(H,54,61)(H,62,63)(H4,46,47,48)/t32-,33-,34-,35-,36-/m0/s1. The van der Waals surface area contributed by atoms with Crippen LogP contribution in [0, 0.1) is 5.92 Å². The molecule has 0 aliphatic rings. The number of nitrogens with two attached hydrogens (primary N) is 3. The molecule has 0 aromatic heterocycles. The lowest BCUT2D eigenvalue weighted by Crippen LogP contribution is -2.59. The number of nitrogens with zero attached hydrogens (tertiary/aromatic N) is 1. The van der Waals surface area contributed by atoms with Crippen LogP contribution < -0.4 is 49.1 Å². The second kappa shape index (κ2) is 26.3. The number of aliphatic carboxylic acids is 1. The highest BCUT2D eigenvalue weighted by Crippen LogP contribution is 2.14. The third-order valence-electron chi connectivity index (χ3n) is 9.57. The summed E-state index contributed by atoms with van der Waals surface area (Å²) in [6.45, 7) is 3.28. The fourth-order valence-electron chi connectivity index (χ4n) is 6.41. The smallest absolute Gasteiger partial charge is 0.326 e. The Bertz CT molecular complexity index is 2000. The highest BCUT2D eigenvalue weighted by molar-refractivity contribution is 5.96. The molecular formula is C44H60N10O9. The molecule has 0 heterocycles. The molecule has 0 unspecified atom stereocenters. The van der Waals surface area contributed by atoms with E-state index in [0.29, 0.717) is 23.1 Å². The maximum atomic E-state index is 14.3. The Labute approximate surface area is 366 Å². The van der Waals surface area contributed by atoms with Crippen molar-refractivity contribution in [3.8, 4) is 5.75 Å². The summed E-state index contributed by atoms with van der Waals surface area (Å²) in [6.07, 6.45) is 0.397. The van der Waals surface area contributed by atoms with Gasteiger partial charge in [0.1, 0.15) is 36.0 Å². The number of carbonyl (C=O) groups excluding carboxylic acids is 6. The molecule has 0 saturated heterocycles. The number of nitrogens with one attached hydrogen (secondary N) is 6. The Morgan fingerprint density at radius 2 is 1.06 bits per heavy atom. The van der Waals surface area contributed by atoms with Crippen LogP contribution in [0.1, 0.15) is 56.2 Å². The summed E-state index contributed by atoms with van der Waals surface area (Å²) in [6, 6.07) is 17.3. The molecule has 6 amide bonds. The van der Waals surface area contributed by atoms with E-state index < -0.39 is 78.2 Å². The van der Waals surface area contributed by atoms with Crippen molar-refractivity contribution in [3.05, 3.63) is 102 Å². The van der Waals surface area contributed by atoms with Gasteiger partial charge in [-0.1, -0.05) is 86.6 Å². The Hall–Kier alpha value is -7.02. The molecule has 0 spiro atoms. The molecule has 0 aliphatic heterocycles. The predicted octanol–water partition coefficient (Wildman–Crippen LogP) is -0.507. The first-order chi connectivity index (χ1) is 30.0. The Morgan fingerprint density at radius 1 is 0.603 bits per heavy atom. The van der Waals surface area contributed by atoms with Crippen LogP contribution in [0.3, 0.4) is 0 Å². The zero-order valence-corrected chi connectivity index (χ0v) is 35.5. The number of carboxylic acids is 1. The minimum atomic E-state index is -1.31. The van der Waals surface area contributed by atoms with Crippen LogP contribution in [0.2, 0.25) is 0 Å². The van der Waals surface area contributed by atoms with E-state index in [9.17, 15) is 43.8 Å². The molecule has 340 valence electrons. The van der Waals surface area contributed by atoms with Gasteiger partial charge in [-0.25, -0.2) is 4.79 Å². The second-order valence-corrected chi connectivity index (χ2v) is 15.3. The highest BCUT2D eigenvalue weighted by Gasteiger charge is 2.32. The molecule has 63 heavy (non-hydrogen) atoms. The second-order valence-electron chi connectivity index (χ2n) is 15.3. The van der Waals surface area contributed by atoms with E-state index in [1.165, 1.54) is 12.1 Å². The summed E-state index contributed by atoms with van der Waals surface area (Å²) >= 11 is 0. The van der Waals surface area contributed by atoms with Crippen molar-refractivity contribution in [3.63, 3.8) is 0 Å². The van der Waals surface area contributed by atoms with E-state index >= 15 is 0 Å². The van der Waals surface area contributed by atoms with Gasteiger partial charge in [-0.05, 0) is 54.0 Å². The van der Waals surface area contributed by atoms with Crippen LogP contribution in [-0.4, -0.2) is 107 Å². The first-order valence-corrected chi connectivity index (χ1v) is 20.7. The molecule has 3 rings (SSSR count). The number of rotatable bonds is 26. The minimum absolute atomic E-state index is 0.0209. The zero-order valence-electron chi connectivity index (χ0n) is 35.5. The van der Waals surface area contributed by atoms with Crippen molar-refractivity contribution in [1.82, 2.24) is 31.9 Å². The zero-order chi connectivity index (χ0) is 46.3. The molecule has 19 nitrogen and oxygen atoms in total. The topological polar surface area (TPSA) is 323 Å². The van der Waals surface area contributed by atoms with Gasteiger partial charge < -0.3 is 59.3 Å². The molecule has 0 radical (unpaired) electrons. The number of carboxylic acid groups (broad SMARTS) is 1. The van der Waals surface area contributed by atoms with Crippen molar-refractivity contribution in [2.45, 2.75) is 89.0 Å². The number of phenolic OH excluding ortho intramolecular Hbond substituents is 1. The quantitative estimate of drug-likeness (QED) is 0.0276. The van der Waals surface area contributed by atoms with Gasteiger partial charge in [0, 0.05) is 38.8 Å². The molecule has 3 aromatic carbocycles. The normalized spacial score (nSPS) is 13.2. The summed E-state index contributed by atoms with van der Waals surface area (Å²) in [5, 5.41) is 35.4. The summed E-state index contributed by atoms with van der Waals surface area (Å²) < 4.78 is 0. The van der Waals surface area contributed by atoms with E-state index in [1.54, 1.807) is 86.6 Å². The van der Waals surface area contributed by atoms with Crippen LogP contribution in [0.5, 0.6) is 5.75 Å². The van der Waals surface area contributed by atoms with Crippen molar-refractivity contribution in [1.29, 1.82) is 0 Å². The number of benzene rings is 3. The number of aromatic hydroxyl groups is 1. The number of carbonyl (C=O) groups is 7. The maximum absolute atomic E-state index is 14.3. The van der Waals surface area contributed by atoms with Gasteiger partial charge in [0.15, 0.2) is 5.96 Å². The first-order valence-electron chi connectivity index (χ1n) is 20.7. The van der Waals surface area contributed by atoms with Crippen LogP contribution in [0.4, 0.5) is 0 Å². The lowest BCUT2D eigenvalue weighted by molar-refractivity contribution is -0.142. The Morgan fingerprint density at radius 3 is 1.52 bits per heavy atom. The highest BCUT2D eigenvalue weighted by atomic mass is 16.4. The van der Waals surface area contributed by atoms with Crippen LogP contribution in [0.15, 0.2) is 89.9 Å². The number of hydrogen-bond acceptors (Lipinski definition) is 10. The van der Waals surface area contributed by atoms with Crippen molar-refractivity contribution in [2.24, 2.45) is 28.1 Å². The summed E-state index contributed by atoms with van der Waals surface area (Å²) in [5.74, 6) is -5.70. The summed E-state index contributed by atoms with van der Waals surface area (Å²) in [5.41, 5.74) is 18.1. The minimum Gasteiger partial charge on any atom is -0.508 e. The largest absolute Gasteiger partial charge is 0.508 e. The molecule has 3 aromatic rings. The van der Waals surface area contributed by atoms with Gasteiger partial charge in [0.05, 0.1) is 6.54 Å². The van der Waals surface area contributed by atoms with E-state index in [1.807, 2.05) is 0 Å². The SMILES string of the molecule is CC(C)C[C@H](NC(=O)[C@H](Cc1ccc(O)cc1)NC(=O)[C@H](Cc1ccccc1)NC(=O)[C@H](Cc1ccccc1)NC(=O)CNC(=O)[C@H](CCCN=C(N)N)NC(=O)CCN)C(=O)O. The molecule has 0 fully saturated rings. The average molecular weight is 873 g/mol. The van der Waals surface area contributed by atoms with Crippen LogP contribution in [-0.2, 0) is 52.8 Å². The van der Waals surface area contributed by atoms with E-state index in [4.69, 9.17) is 17.2 Å². The predicted molar refractivity (Wildman–Crippen MR) is 235 cm³/mol. The van der Waals surface area contributed by atoms with Gasteiger partial charge in [-0.15, -0.1) is 0 Å². The van der Waals surface area contributed by atoms with Crippen molar-refractivity contribution < 1.29 is 43.8 Å². The fourth-order valence-corrected chi connectivity index (χ4v) is 6.41. The molecule has 0 bridgehead atoms. The van der Waals surface area contributed by atoms with Gasteiger partial charge in [-0.3, -0.25) is 33.8 Å². The first kappa shape index (κ1) is 50.3. The van der Waals surface area contributed by atoms with Gasteiger partial charge in [-0.2, -0.15) is 0 Å². The van der Waals surface area contributed by atoms with E-state index in [-0.39, 0.29) is 69.2 Å². The number of amides is 6. The summed E-state index contributed by atoms with van der Waals surface area (Å²) in [4.78, 5) is 97.2. The lowest BCUT2D eigenvalue weighted by Gasteiger charge is -2.27. The fraction of sp³-hybridized carbons (Fsp3) is 0.409. The number of phenols is 1. The molecule has 0 aliphatic carbocycles. The Balaban J connectivity index is 1.88. The maximum Gasteiger partial charge on any atom is 0.326 e. The summed E-state index contributed by atoms with van der Waals surface area (Å²) in [7, 11) is 0. The number of guanidine groups is 1. The van der Waals surface area contributed by atoms with Gasteiger partial charge in [0.25, 0.3) is 0 Å². The van der Waals surface area contributed by atoms with E-state index in [2.05, 4.69) is 36.9 Å². The molecule has 14 N–H and O–H groups in total. The van der Waals surface area contributed by atoms with Crippen LogP contribution in [0.25, 0.3) is 0 Å². The van der Waals surface area contributed by atoms with Gasteiger partial charge in [0.2, 0.25) is 35.4 Å². The van der Waals surface area contributed by atoms with Gasteiger partial charge >= 0.3 is 5.97 Å². The third-order valence-corrected chi connectivity index (χ3v) is 9.57. The average Bonchev–Trinajstić information content (AvgIpc) is 3.24. The monoisotopic (exact) mass is 872 g/mol. The van der Waals surface area contributed by atoms with E-state index in [0.717, 1.165) is 0 Å². The Kier molecular flexibility index (Phi) is 21.0. The molecular weight excluding hydrogens is 813 g/mol. The molecule has 19 heteroatoms. The number of aliphatic imine (C=N–C) groups is 1.